The van der Waals surface area contributed by atoms with Crippen LogP contribution in [0, 0.1) is 13.7 Å². The number of carbonyl (C=O) groups is 1. The van der Waals surface area contributed by atoms with Gasteiger partial charge in [-0.3, -0.25) is 19.9 Å². The van der Waals surface area contributed by atoms with E-state index >= 15 is 0 Å². The third-order valence-corrected chi connectivity index (χ3v) is 3.83. The molecule has 7 heteroatoms. The van der Waals surface area contributed by atoms with Crippen LogP contribution in [0.25, 0.3) is 0 Å². The van der Waals surface area contributed by atoms with Gasteiger partial charge >= 0.3 is 0 Å². The molecule has 0 aliphatic heterocycles. The maximum atomic E-state index is 12.3. The Kier molecular flexibility index (Phi) is 4.84. The van der Waals surface area contributed by atoms with E-state index in [9.17, 15) is 14.9 Å². The average Bonchev–Trinajstić information content (AvgIpc) is 2.48. The monoisotopic (exact) mass is 397 g/mol. The van der Waals surface area contributed by atoms with Gasteiger partial charge in [-0.25, -0.2) is 0 Å². The predicted octanol–water partition coefficient (Wildman–Crippen LogP) is 3.09. The Labute approximate surface area is 134 Å². The summed E-state index contributed by atoms with van der Waals surface area (Å²) in [5, 5.41) is 13.6. The van der Waals surface area contributed by atoms with Crippen LogP contribution in [-0.2, 0) is 0 Å². The van der Waals surface area contributed by atoms with Gasteiger partial charge in [-0.1, -0.05) is 6.07 Å². The number of hydrogen-bond donors (Lipinski definition) is 1. The van der Waals surface area contributed by atoms with Crippen LogP contribution < -0.4 is 5.32 Å². The molecule has 108 valence electrons. The number of benzene rings is 1. The topological polar surface area (TPSA) is 85.1 Å². The fraction of sp³-hybridized carbons (Fsp3) is 0.143. The summed E-state index contributed by atoms with van der Waals surface area (Å²) >= 11 is 1.98. The lowest BCUT2D eigenvalue weighted by Crippen LogP contribution is -2.27. The first-order valence-corrected chi connectivity index (χ1v) is 7.22. The van der Waals surface area contributed by atoms with Crippen LogP contribution in [-0.4, -0.2) is 15.8 Å². The molecule has 1 atom stereocenters. The van der Waals surface area contributed by atoms with Gasteiger partial charge in [-0.2, -0.15) is 0 Å². The third kappa shape index (κ3) is 3.75. The number of aromatic nitrogens is 1. The van der Waals surface area contributed by atoms with Crippen LogP contribution in [0.1, 0.15) is 29.0 Å². The highest BCUT2D eigenvalue weighted by molar-refractivity contribution is 14.1. The third-order valence-electron chi connectivity index (χ3n) is 2.88. The van der Waals surface area contributed by atoms with Crippen LogP contribution in [0.4, 0.5) is 5.69 Å². The van der Waals surface area contributed by atoms with Gasteiger partial charge in [0.1, 0.15) is 0 Å². The fourth-order valence-electron chi connectivity index (χ4n) is 1.78. The van der Waals surface area contributed by atoms with Gasteiger partial charge in [-0.15, -0.1) is 0 Å². The fourth-order valence-corrected chi connectivity index (χ4v) is 2.36. The molecule has 1 unspecified atom stereocenters. The molecule has 6 nitrogen and oxygen atoms in total. The molecule has 0 aliphatic rings. The van der Waals surface area contributed by atoms with E-state index in [4.69, 9.17) is 0 Å². The Hall–Kier alpha value is -2.03. The van der Waals surface area contributed by atoms with Crippen molar-refractivity contribution in [2.75, 3.05) is 0 Å². The minimum absolute atomic E-state index is 0.106. The Morgan fingerprint density at radius 3 is 2.76 bits per heavy atom. The van der Waals surface area contributed by atoms with Crippen molar-refractivity contribution in [3.8, 4) is 0 Å². The van der Waals surface area contributed by atoms with Crippen molar-refractivity contribution in [1.82, 2.24) is 10.3 Å². The highest BCUT2D eigenvalue weighted by Crippen LogP contribution is 2.20. The summed E-state index contributed by atoms with van der Waals surface area (Å²) in [6.07, 6.45) is 1.65. The van der Waals surface area contributed by atoms with Gasteiger partial charge in [0.25, 0.3) is 11.6 Å². The first kappa shape index (κ1) is 15.4. The lowest BCUT2D eigenvalue weighted by Gasteiger charge is -2.13. The number of nitrogens with zero attached hydrogens (tertiary/aromatic N) is 2. The Morgan fingerprint density at radius 1 is 1.38 bits per heavy atom. The molecule has 1 aromatic carbocycles. The number of amides is 1. The van der Waals surface area contributed by atoms with Gasteiger partial charge in [0.15, 0.2) is 0 Å². The summed E-state index contributed by atoms with van der Waals surface area (Å²) in [5.74, 6) is -0.360. The largest absolute Gasteiger partial charge is 0.344 e. The van der Waals surface area contributed by atoms with E-state index < -0.39 is 4.92 Å². The smallest absolute Gasteiger partial charge is 0.270 e. The zero-order chi connectivity index (χ0) is 15.4. The molecule has 1 aromatic heterocycles. The Morgan fingerprint density at radius 2 is 2.14 bits per heavy atom. The highest BCUT2D eigenvalue weighted by Gasteiger charge is 2.18. The van der Waals surface area contributed by atoms with Crippen LogP contribution in [0.15, 0.2) is 42.6 Å². The van der Waals surface area contributed by atoms with Gasteiger partial charge in [-0.05, 0) is 47.7 Å². The molecule has 0 saturated heterocycles. The quantitative estimate of drug-likeness (QED) is 0.488. The molecule has 0 radical (unpaired) electrons. The van der Waals surface area contributed by atoms with Gasteiger partial charge in [0, 0.05) is 21.9 Å². The standard InChI is InChI=1S/C14H12IN3O3/c1-9(13-4-2-3-7-16-13)17-14(19)11-8-10(18(20)21)5-6-12(11)15/h2-9H,1H3,(H,17,19). The van der Waals surface area contributed by atoms with Crippen molar-refractivity contribution < 1.29 is 9.72 Å². The second-order valence-corrected chi connectivity index (χ2v) is 5.53. The van der Waals surface area contributed by atoms with E-state index in [2.05, 4.69) is 10.3 Å². The number of nitrogens with one attached hydrogen (secondary N) is 1. The summed E-state index contributed by atoms with van der Waals surface area (Å²) in [4.78, 5) is 26.7. The molecular weight excluding hydrogens is 385 g/mol. The summed E-state index contributed by atoms with van der Waals surface area (Å²) < 4.78 is 0.656. The number of nitro groups is 1. The zero-order valence-corrected chi connectivity index (χ0v) is 13.3. The molecule has 0 bridgehead atoms. The first-order chi connectivity index (χ1) is 9.99. The predicted molar refractivity (Wildman–Crippen MR) is 85.9 cm³/mol. The van der Waals surface area contributed by atoms with Crippen molar-refractivity contribution in [2.45, 2.75) is 13.0 Å². The van der Waals surface area contributed by atoms with E-state index in [1.54, 1.807) is 18.3 Å². The van der Waals surface area contributed by atoms with E-state index in [0.29, 0.717) is 3.57 Å². The second-order valence-electron chi connectivity index (χ2n) is 4.37. The molecular formula is C14H12IN3O3. The molecule has 21 heavy (non-hydrogen) atoms. The van der Waals surface area contributed by atoms with Crippen molar-refractivity contribution >= 4 is 34.2 Å². The first-order valence-electron chi connectivity index (χ1n) is 6.15. The van der Waals surface area contributed by atoms with E-state index in [-0.39, 0.29) is 23.2 Å². The molecule has 2 aromatic rings. The highest BCUT2D eigenvalue weighted by atomic mass is 127. The van der Waals surface area contributed by atoms with E-state index in [1.165, 1.54) is 12.1 Å². The average molecular weight is 397 g/mol. The van der Waals surface area contributed by atoms with Crippen LogP contribution in [0.3, 0.4) is 0 Å². The minimum atomic E-state index is -0.519. The van der Waals surface area contributed by atoms with E-state index in [1.807, 2.05) is 41.6 Å². The van der Waals surface area contributed by atoms with Crippen molar-refractivity contribution in [3.05, 3.63) is 67.5 Å². The minimum Gasteiger partial charge on any atom is -0.344 e. The number of hydrogen-bond acceptors (Lipinski definition) is 4. The maximum Gasteiger partial charge on any atom is 0.270 e. The number of carbonyl (C=O) groups excluding carboxylic acids is 1. The van der Waals surface area contributed by atoms with Crippen molar-refractivity contribution in [2.24, 2.45) is 0 Å². The molecule has 2 rings (SSSR count). The lowest BCUT2D eigenvalue weighted by atomic mass is 10.1. The normalized spacial score (nSPS) is 11.7. The molecule has 1 N–H and O–H groups in total. The van der Waals surface area contributed by atoms with Crippen molar-refractivity contribution in [3.63, 3.8) is 0 Å². The number of rotatable bonds is 4. The van der Waals surface area contributed by atoms with Gasteiger partial charge in [0.2, 0.25) is 0 Å². The molecule has 1 heterocycles. The van der Waals surface area contributed by atoms with Crippen LogP contribution in [0.5, 0.6) is 0 Å². The number of pyridine rings is 1. The van der Waals surface area contributed by atoms with Gasteiger partial charge < -0.3 is 5.32 Å². The number of non-ortho nitro benzene ring substituents is 1. The summed E-state index contributed by atoms with van der Waals surface area (Å²) in [6, 6.07) is 9.36. The SMILES string of the molecule is CC(NC(=O)c1cc([N+](=O)[O-])ccc1I)c1ccccn1. The molecule has 0 saturated carbocycles. The van der Waals surface area contributed by atoms with Crippen molar-refractivity contribution in [1.29, 1.82) is 0 Å². The molecule has 0 spiro atoms. The summed E-state index contributed by atoms with van der Waals surface area (Å²) in [7, 11) is 0. The Bertz CT molecular complexity index is 676. The molecule has 1 amide bonds. The summed E-state index contributed by atoms with van der Waals surface area (Å²) in [5.41, 5.74) is 0.907. The molecule has 0 fully saturated rings. The Balaban J connectivity index is 2.21. The van der Waals surface area contributed by atoms with Crippen LogP contribution >= 0.6 is 22.6 Å². The van der Waals surface area contributed by atoms with Gasteiger partial charge in [0.05, 0.1) is 22.2 Å². The molecule has 0 aliphatic carbocycles. The second kappa shape index (κ2) is 6.61. The lowest BCUT2D eigenvalue weighted by molar-refractivity contribution is -0.384. The number of halogens is 1. The number of nitro benzene ring substituents is 1. The zero-order valence-electron chi connectivity index (χ0n) is 11.1. The van der Waals surface area contributed by atoms with E-state index in [0.717, 1.165) is 5.69 Å². The maximum absolute atomic E-state index is 12.3. The van der Waals surface area contributed by atoms with Crippen LogP contribution in [0.2, 0.25) is 0 Å². The summed E-state index contributed by atoms with van der Waals surface area (Å²) in [6.45, 7) is 1.81.